The lowest BCUT2D eigenvalue weighted by Gasteiger charge is -2.23. The highest BCUT2D eigenvalue weighted by Gasteiger charge is 2.19. The summed E-state index contributed by atoms with van der Waals surface area (Å²) >= 11 is 0. The predicted molar refractivity (Wildman–Crippen MR) is 75.6 cm³/mol. The van der Waals surface area contributed by atoms with E-state index in [0.717, 1.165) is 5.69 Å². The summed E-state index contributed by atoms with van der Waals surface area (Å²) in [5, 5.41) is 11.8. The average Bonchev–Trinajstić information content (AvgIpc) is 2.36. The van der Waals surface area contributed by atoms with Crippen LogP contribution in [0, 0.1) is 0 Å². The van der Waals surface area contributed by atoms with Crippen LogP contribution in [0.4, 0.5) is 5.69 Å². The van der Waals surface area contributed by atoms with Gasteiger partial charge in [0.25, 0.3) is 5.91 Å². The van der Waals surface area contributed by atoms with Gasteiger partial charge in [-0.2, -0.15) is 0 Å². The minimum Gasteiger partial charge on any atom is -0.484 e. The van der Waals surface area contributed by atoms with E-state index in [9.17, 15) is 4.79 Å². The lowest BCUT2D eigenvalue weighted by atomic mass is 10.1. The van der Waals surface area contributed by atoms with Gasteiger partial charge < -0.3 is 20.1 Å². The molecule has 0 heterocycles. The summed E-state index contributed by atoms with van der Waals surface area (Å²) in [4.78, 5) is 13.6. The van der Waals surface area contributed by atoms with E-state index >= 15 is 0 Å². The predicted octanol–water partition coefficient (Wildman–Crippen LogP) is 1.02. The molecule has 5 nitrogen and oxygen atoms in total. The topological polar surface area (TPSA) is 61.8 Å². The van der Waals surface area contributed by atoms with Gasteiger partial charge >= 0.3 is 0 Å². The molecule has 0 aliphatic rings. The van der Waals surface area contributed by atoms with Crippen molar-refractivity contribution in [3.63, 3.8) is 0 Å². The van der Waals surface area contributed by atoms with Crippen LogP contribution in [0.3, 0.4) is 0 Å². The number of aliphatic hydroxyl groups is 1. The molecule has 1 rings (SSSR count). The van der Waals surface area contributed by atoms with Gasteiger partial charge in [-0.15, -0.1) is 0 Å². The fraction of sp³-hybridized carbons (Fsp3) is 0.500. The Kier molecular flexibility index (Phi) is 5.18. The summed E-state index contributed by atoms with van der Waals surface area (Å²) in [6.45, 7) is 3.31. The molecule has 5 heteroatoms. The quantitative estimate of drug-likeness (QED) is 0.807. The van der Waals surface area contributed by atoms with Crippen LogP contribution in [0.25, 0.3) is 0 Å². The third-order valence-corrected chi connectivity index (χ3v) is 2.58. The van der Waals surface area contributed by atoms with Gasteiger partial charge in [-0.1, -0.05) is 6.07 Å². The average molecular weight is 266 g/mol. The Labute approximate surface area is 114 Å². The van der Waals surface area contributed by atoms with Gasteiger partial charge in [0, 0.05) is 25.8 Å². The molecule has 0 spiro atoms. The molecule has 0 aromatic heterocycles. The largest absolute Gasteiger partial charge is 0.484 e. The Morgan fingerprint density at radius 3 is 2.68 bits per heavy atom. The summed E-state index contributed by atoms with van der Waals surface area (Å²) in [6.07, 6.45) is 0. The van der Waals surface area contributed by atoms with Gasteiger partial charge in [0.05, 0.1) is 12.1 Å². The number of hydrogen-bond acceptors (Lipinski definition) is 4. The molecule has 0 unspecified atom stereocenters. The van der Waals surface area contributed by atoms with Crippen LogP contribution in [0.5, 0.6) is 5.75 Å². The molecule has 0 atom stereocenters. The van der Waals surface area contributed by atoms with Crippen LogP contribution in [0.2, 0.25) is 0 Å². The van der Waals surface area contributed by atoms with Gasteiger partial charge in [0.15, 0.2) is 6.61 Å². The van der Waals surface area contributed by atoms with Crippen LogP contribution in [0.15, 0.2) is 24.3 Å². The van der Waals surface area contributed by atoms with Crippen molar-refractivity contribution >= 4 is 11.6 Å². The number of carbonyl (C=O) groups excluding carboxylic acids is 1. The number of nitrogens with one attached hydrogen (secondary N) is 1. The third kappa shape index (κ3) is 5.18. The first kappa shape index (κ1) is 15.3. The van der Waals surface area contributed by atoms with Crippen molar-refractivity contribution in [2.45, 2.75) is 19.4 Å². The number of hydrogen-bond donors (Lipinski definition) is 2. The molecule has 1 aromatic rings. The minimum atomic E-state index is -0.633. The second-order valence-corrected chi connectivity index (χ2v) is 5.27. The number of anilines is 1. The Balaban J connectivity index is 2.53. The maximum absolute atomic E-state index is 11.7. The molecule has 0 saturated carbocycles. The highest BCUT2D eigenvalue weighted by Crippen LogP contribution is 2.19. The first-order chi connectivity index (χ1) is 8.84. The van der Waals surface area contributed by atoms with E-state index in [-0.39, 0.29) is 19.1 Å². The summed E-state index contributed by atoms with van der Waals surface area (Å²) in [5.74, 6) is 0.387. The van der Waals surface area contributed by atoms with E-state index in [2.05, 4.69) is 5.32 Å². The maximum atomic E-state index is 11.7. The van der Waals surface area contributed by atoms with Gasteiger partial charge in [0.1, 0.15) is 5.75 Å². The first-order valence-electron chi connectivity index (χ1n) is 6.16. The van der Waals surface area contributed by atoms with E-state index in [1.165, 1.54) is 0 Å². The van der Waals surface area contributed by atoms with E-state index < -0.39 is 5.54 Å². The van der Waals surface area contributed by atoms with Crippen LogP contribution in [0.1, 0.15) is 13.8 Å². The van der Waals surface area contributed by atoms with Crippen molar-refractivity contribution in [2.75, 3.05) is 32.2 Å². The van der Waals surface area contributed by atoms with Crippen molar-refractivity contribution in [2.24, 2.45) is 0 Å². The monoisotopic (exact) mass is 266 g/mol. The minimum absolute atomic E-state index is 0.0691. The second kappa shape index (κ2) is 6.43. The molecule has 106 valence electrons. The fourth-order valence-corrected chi connectivity index (χ4v) is 1.45. The van der Waals surface area contributed by atoms with Crippen LogP contribution >= 0.6 is 0 Å². The molecule has 0 saturated heterocycles. The second-order valence-electron chi connectivity index (χ2n) is 5.27. The highest BCUT2D eigenvalue weighted by molar-refractivity contribution is 5.78. The van der Waals surface area contributed by atoms with Gasteiger partial charge in [-0.3, -0.25) is 4.79 Å². The molecule has 0 aliphatic heterocycles. The summed E-state index contributed by atoms with van der Waals surface area (Å²) in [7, 11) is 3.88. The number of nitrogens with zero attached hydrogens (tertiary/aromatic N) is 1. The number of ether oxygens (including phenoxy) is 1. The lowest BCUT2D eigenvalue weighted by Crippen LogP contribution is -2.48. The van der Waals surface area contributed by atoms with Gasteiger partial charge in [-0.25, -0.2) is 0 Å². The smallest absolute Gasteiger partial charge is 0.258 e. The van der Waals surface area contributed by atoms with E-state index in [1.54, 1.807) is 19.9 Å². The molecular weight excluding hydrogens is 244 g/mol. The van der Waals surface area contributed by atoms with Crippen molar-refractivity contribution in [1.82, 2.24) is 5.32 Å². The number of amides is 1. The number of carbonyl (C=O) groups is 1. The first-order valence-corrected chi connectivity index (χ1v) is 6.16. The summed E-state index contributed by atoms with van der Waals surface area (Å²) < 4.78 is 5.43. The third-order valence-electron chi connectivity index (χ3n) is 2.58. The standard InChI is InChI=1S/C14H22N2O3/c1-14(2,10-17)15-13(18)9-19-12-7-5-6-11(8-12)16(3)4/h5-8,17H,9-10H2,1-4H3,(H,15,18). The fourth-order valence-electron chi connectivity index (χ4n) is 1.45. The Hall–Kier alpha value is -1.75. The zero-order valence-electron chi connectivity index (χ0n) is 11.9. The Morgan fingerprint density at radius 2 is 2.11 bits per heavy atom. The Bertz CT molecular complexity index is 430. The molecule has 0 radical (unpaired) electrons. The molecule has 1 aromatic carbocycles. The van der Waals surface area contributed by atoms with Gasteiger partial charge in [0.2, 0.25) is 0 Å². The van der Waals surface area contributed by atoms with E-state index in [4.69, 9.17) is 9.84 Å². The van der Waals surface area contributed by atoms with Gasteiger partial charge in [-0.05, 0) is 26.0 Å². The molecule has 1 amide bonds. The molecule has 2 N–H and O–H groups in total. The molecular formula is C14H22N2O3. The maximum Gasteiger partial charge on any atom is 0.258 e. The van der Waals surface area contributed by atoms with Crippen LogP contribution < -0.4 is 15.0 Å². The van der Waals surface area contributed by atoms with E-state index in [0.29, 0.717) is 5.75 Å². The summed E-state index contributed by atoms with van der Waals surface area (Å²) in [5.41, 5.74) is 0.375. The molecule has 0 aliphatic carbocycles. The zero-order valence-corrected chi connectivity index (χ0v) is 11.9. The van der Waals surface area contributed by atoms with E-state index in [1.807, 2.05) is 37.2 Å². The van der Waals surface area contributed by atoms with Crippen molar-refractivity contribution in [3.8, 4) is 5.75 Å². The van der Waals surface area contributed by atoms with Crippen LogP contribution in [-0.4, -0.2) is 43.9 Å². The molecule has 19 heavy (non-hydrogen) atoms. The molecule has 0 bridgehead atoms. The van der Waals surface area contributed by atoms with Crippen molar-refractivity contribution in [1.29, 1.82) is 0 Å². The number of rotatable bonds is 6. The number of aliphatic hydroxyl groups excluding tert-OH is 1. The SMILES string of the molecule is CN(C)c1cccc(OCC(=O)NC(C)(C)CO)c1. The number of benzene rings is 1. The Morgan fingerprint density at radius 1 is 1.42 bits per heavy atom. The molecule has 0 fully saturated rings. The summed E-state index contributed by atoms with van der Waals surface area (Å²) in [6, 6.07) is 7.50. The normalized spacial score (nSPS) is 11.0. The van der Waals surface area contributed by atoms with Crippen molar-refractivity contribution in [3.05, 3.63) is 24.3 Å². The van der Waals surface area contributed by atoms with Crippen LogP contribution in [-0.2, 0) is 4.79 Å². The zero-order chi connectivity index (χ0) is 14.5. The highest BCUT2D eigenvalue weighted by atomic mass is 16.5. The lowest BCUT2D eigenvalue weighted by molar-refractivity contribution is -0.125. The van der Waals surface area contributed by atoms with Crippen molar-refractivity contribution < 1.29 is 14.6 Å².